The Kier molecular flexibility index (Phi) is 3.37. The maximum Gasteiger partial charge on any atom is 0.109 e. The number of nitrogens with one attached hydrogen (secondary N) is 1. The van der Waals surface area contributed by atoms with E-state index in [1.54, 1.807) is 0 Å². The second kappa shape index (κ2) is 5.15. The minimum Gasteiger partial charge on any atom is -0.497 e. The van der Waals surface area contributed by atoms with Gasteiger partial charge in [-0.2, -0.15) is 0 Å². The van der Waals surface area contributed by atoms with Crippen LogP contribution in [0.25, 0.3) is 0 Å². The average molecular weight is 243 g/mol. The van der Waals surface area contributed by atoms with Crippen molar-refractivity contribution < 1.29 is 4.74 Å². The van der Waals surface area contributed by atoms with E-state index in [2.05, 4.69) is 35.7 Å². The molecule has 1 aromatic rings. The third-order valence-corrected chi connectivity index (χ3v) is 4.13. The highest BCUT2D eigenvalue weighted by Crippen LogP contribution is 2.32. The van der Waals surface area contributed by atoms with Crippen LogP contribution < -0.4 is 5.32 Å². The molecule has 2 aliphatic rings. The van der Waals surface area contributed by atoms with Gasteiger partial charge in [-0.05, 0) is 55.9 Å². The van der Waals surface area contributed by atoms with Crippen molar-refractivity contribution in [2.75, 3.05) is 13.7 Å². The van der Waals surface area contributed by atoms with Crippen molar-refractivity contribution in [3.63, 3.8) is 0 Å². The van der Waals surface area contributed by atoms with Crippen molar-refractivity contribution in [1.82, 2.24) is 5.32 Å². The fourth-order valence-electron chi connectivity index (χ4n) is 3.23. The lowest BCUT2D eigenvalue weighted by molar-refractivity contribution is 0.154. The first-order valence-electron chi connectivity index (χ1n) is 6.95. The van der Waals surface area contributed by atoms with Crippen LogP contribution in [0.5, 0.6) is 0 Å². The fraction of sp³-hybridized carbons (Fsp3) is 0.500. The van der Waals surface area contributed by atoms with Gasteiger partial charge in [0.1, 0.15) is 5.76 Å². The van der Waals surface area contributed by atoms with E-state index in [4.69, 9.17) is 4.74 Å². The molecule has 1 aromatic carbocycles. The molecular weight excluding hydrogens is 222 g/mol. The Bertz CT molecular complexity index is 427. The predicted octanol–water partition coefficient (Wildman–Crippen LogP) is 2.68. The zero-order chi connectivity index (χ0) is 12.4. The molecule has 0 bridgehead atoms. The lowest BCUT2D eigenvalue weighted by Crippen LogP contribution is -2.37. The van der Waals surface area contributed by atoms with Crippen molar-refractivity contribution >= 4 is 0 Å². The second-order valence-electron chi connectivity index (χ2n) is 5.30. The van der Waals surface area contributed by atoms with Crippen LogP contribution in [-0.4, -0.2) is 19.7 Å². The molecule has 1 aliphatic carbocycles. The molecule has 0 aromatic heterocycles. The smallest absolute Gasteiger partial charge is 0.109 e. The number of hydrogen-bond acceptors (Lipinski definition) is 2. The Balaban J connectivity index is 1.77. The summed E-state index contributed by atoms with van der Waals surface area (Å²) in [5.74, 6) is 1.80. The summed E-state index contributed by atoms with van der Waals surface area (Å²) in [6, 6.07) is 9.19. The van der Waals surface area contributed by atoms with Gasteiger partial charge in [0.2, 0.25) is 0 Å². The molecule has 2 nitrogen and oxygen atoms in total. The number of rotatable bonds is 3. The van der Waals surface area contributed by atoms with Gasteiger partial charge < -0.3 is 10.1 Å². The Hall–Kier alpha value is -1.28. The molecule has 3 rings (SSSR count). The third-order valence-electron chi connectivity index (χ3n) is 4.13. The van der Waals surface area contributed by atoms with Gasteiger partial charge in [-0.3, -0.25) is 0 Å². The molecule has 0 saturated carbocycles. The number of likely N-dealkylation sites (N-methyl/N-ethyl adjacent to an activating group) is 1. The molecule has 0 fully saturated rings. The molecule has 96 valence electrons. The first-order valence-corrected chi connectivity index (χ1v) is 6.95. The predicted molar refractivity (Wildman–Crippen MR) is 73.5 cm³/mol. The summed E-state index contributed by atoms with van der Waals surface area (Å²) in [6.45, 7) is 0.879. The molecule has 18 heavy (non-hydrogen) atoms. The summed E-state index contributed by atoms with van der Waals surface area (Å²) in [4.78, 5) is 0. The van der Waals surface area contributed by atoms with Gasteiger partial charge in [0.25, 0.3) is 0 Å². The van der Waals surface area contributed by atoms with Gasteiger partial charge >= 0.3 is 0 Å². The molecule has 2 heteroatoms. The van der Waals surface area contributed by atoms with E-state index >= 15 is 0 Å². The second-order valence-corrected chi connectivity index (χ2v) is 5.30. The van der Waals surface area contributed by atoms with Gasteiger partial charge in [0, 0.05) is 0 Å². The zero-order valence-electron chi connectivity index (χ0n) is 11.0. The first kappa shape index (κ1) is 11.8. The van der Waals surface area contributed by atoms with Crippen LogP contribution in [0, 0.1) is 5.92 Å². The highest BCUT2D eigenvalue weighted by molar-refractivity contribution is 5.33. The van der Waals surface area contributed by atoms with Crippen molar-refractivity contribution in [3.8, 4) is 0 Å². The topological polar surface area (TPSA) is 21.3 Å². The van der Waals surface area contributed by atoms with Crippen LogP contribution >= 0.6 is 0 Å². The van der Waals surface area contributed by atoms with Crippen LogP contribution in [0.1, 0.15) is 24.0 Å². The van der Waals surface area contributed by atoms with Crippen LogP contribution in [0.4, 0.5) is 0 Å². The summed E-state index contributed by atoms with van der Waals surface area (Å²) in [5, 5.41) is 3.46. The molecule has 1 N–H and O–H groups in total. The molecule has 1 unspecified atom stereocenters. The molecule has 1 heterocycles. The van der Waals surface area contributed by atoms with E-state index < -0.39 is 0 Å². The zero-order valence-corrected chi connectivity index (χ0v) is 11.0. The van der Waals surface area contributed by atoms with Gasteiger partial charge in [0.05, 0.1) is 12.6 Å². The standard InChI is InChI=1S/C16H21NO/c1-17-16(15-8-4-5-9-18-15)14-10-12-6-2-3-7-13(12)11-14/h2-3,6-8,14,16-17H,4-5,9-11H2,1H3. The molecule has 1 aliphatic heterocycles. The van der Waals surface area contributed by atoms with E-state index in [9.17, 15) is 0 Å². The SMILES string of the molecule is CNC(C1=CCCCO1)C1Cc2ccccc2C1. The van der Waals surface area contributed by atoms with Gasteiger partial charge in [0.15, 0.2) is 0 Å². The van der Waals surface area contributed by atoms with E-state index in [0.29, 0.717) is 12.0 Å². The summed E-state index contributed by atoms with van der Waals surface area (Å²) < 4.78 is 5.84. The van der Waals surface area contributed by atoms with E-state index in [-0.39, 0.29) is 0 Å². The highest BCUT2D eigenvalue weighted by Gasteiger charge is 2.31. The largest absolute Gasteiger partial charge is 0.497 e. The molecule has 0 spiro atoms. The Morgan fingerprint density at radius 1 is 1.22 bits per heavy atom. The number of ether oxygens (including phenoxy) is 1. The number of benzene rings is 1. The van der Waals surface area contributed by atoms with Crippen LogP contribution in [0.2, 0.25) is 0 Å². The normalized spacial score (nSPS) is 21.1. The summed E-state index contributed by atoms with van der Waals surface area (Å²) in [6.07, 6.45) is 6.93. The Morgan fingerprint density at radius 2 is 1.94 bits per heavy atom. The fourth-order valence-corrected chi connectivity index (χ4v) is 3.23. The maximum atomic E-state index is 5.84. The molecule has 0 amide bonds. The average Bonchev–Trinajstić information content (AvgIpc) is 2.84. The van der Waals surface area contributed by atoms with Crippen molar-refractivity contribution in [2.45, 2.75) is 31.7 Å². The van der Waals surface area contributed by atoms with E-state index in [1.165, 1.54) is 29.7 Å². The van der Waals surface area contributed by atoms with Crippen molar-refractivity contribution in [1.29, 1.82) is 0 Å². The highest BCUT2D eigenvalue weighted by atomic mass is 16.5. The van der Waals surface area contributed by atoms with Crippen molar-refractivity contribution in [2.24, 2.45) is 5.92 Å². The lowest BCUT2D eigenvalue weighted by atomic mass is 9.94. The van der Waals surface area contributed by atoms with E-state index in [1.807, 2.05) is 7.05 Å². The number of fused-ring (bicyclic) bond motifs is 1. The minimum absolute atomic E-state index is 0.373. The summed E-state index contributed by atoms with van der Waals surface area (Å²) >= 11 is 0. The summed E-state index contributed by atoms with van der Waals surface area (Å²) in [7, 11) is 2.05. The van der Waals surface area contributed by atoms with Gasteiger partial charge in [-0.1, -0.05) is 24.3 Å². The molecule has 0 saturated heterocycles. The first-order chi connectivity index (χ1) is 8.88. The number of allylic oxidation sites excluding steroid dienone is 1. The Labute approximate surface area is 109 Å². The molecule has 0 radical (unpaired) electrons. The van der Waals surface area contributed by atoms with Gasteiger partial charge in [-0.25, -0.2) is 0 Å². The quantitative estimate of drug-likeness (QED) is 0.881. The van der Waals surface area contributed by atoms with E-state index in [0.717, 1.165) is 19.4 Å². The maximum absolute atomic E-state index is 5.84. The van der Waals surface area contributed by atoms with Crippen molar-refractivity contribution in [3.05, 3.63) is 47.2 Å². The summed E-state index contributed by atoms with van der Waals surface area (Å²) in [5.41, 5.74) is 3.03. The van der Waals surface area contributed by atoms with Crippen LogP contribution in [0.15, 0.2) is 36.1 Å². The third kappa shape index (κ3) is 2.17. The number of hydrogen-bond donors (Lipinski definition) is 1. The minimum atomic E-state index is 0.373. The molecule has 1 atom stereocenters. The lowest BCUT2D eigenvalue weighted by Gasteiger charge is -2.28. The Morgan fingerprint density at radius 3 is 2.50 bits per heavy atom. The van der Waals surface area contributed by atoms with Crippen LogP contribution in [-0.2, 0) is 17.6 Å². The van der Waals surface area contributed by atoms with Gasteiger partial charge in [-0.15, -0.1) is 0 Å². The van der Waals surface area contributed by atoms with Crippen LogP contribution in [0.3, 0.4) is 0 Å². The monoisotopic (exact) mass is 243 g/mol. The molecular formula is C16H21NO.